The van der Waals surface area contributed by atoms with Gasteiger partial charge in [-0.1, -0.05) is 75.7 Å². The Morgan fingerprint density at radius 3 is 2.39 bits per heavy atom. The number of rotatable bonds is 7. The topological polar surface area (TPSA) is 51.5 Å². The molecule has 7 heteroatoms. The van der Waals surface area contributed by atoms with Crippen LogP contribution >= 0.6 is 0 Å². The van der Waals surface area contributed by atoms with Crippen LogP contribution in [-0.4, -0.2) is 45.3 Å². The SMILES string of the molecule is CCC1=C[C@H]2CCc3c(c4ccccc4n3S(=O)(=O)c3ccccc3)[C@@H]2N(CCO[Si](C)(C)C(C)(C)C)C1. The summed E-state index contributed by atoms with van der Waals surface area (Å²) in [5.74, 6) is 0.373. The van der Waals surface area contributed by atoms with Gasteiger partial charge in [0, 0.05) is 36.8 Å². The number of hydrogen-bond donors (Lipinski definition) is 0. The third-order valence-electron chi connectivity index (χ3n) is 9.02. The van der Waals surface area contributed by atoms with Crippen LogP contribution < -0.4 is 0 Å². The van der Waals surface area contributed by atoms with Crippen LogP contribution in [0.1, 0.15) is 57.8 Å². The van der Waals surface area contributed by atoms with E-state index >= 15 is 0 Å². The standard InChI is InChI=1S/C31H42N2O3SSi/c1-7-23-21-24-17-18-28-29(30(24)32(22-23)19-20-36-38(5,6)31(2,3)4)26-15-11-12-16-27(26)33(28)37(34,35)25-13-9-8-10-14-25/h8-16,21,24,30H,7,17-20,22H2,1-6H3/t24-,30-/m1/s1. The molecule has 1 aliphatic heterocycles. The molecule has 204 valence electrons. The molecule has 3 aromatic rings. The number of aromatic nitrogens is 1. The number of para-hydroxylation sites is 1. The second-order valence-electron chi connectivity index (χ2n) is 12.4. The summed E-state index contributed by atoms with van der Waals surface area (Å²) < 4.78 is 36.3. The fourth-order valence-electron chi connectivity index (χ4n) is 5.93. The summed E-state index contributed by atoms with van der Waals surface area (Å²) in [7, 11) is -5.58. The maximum Gasteiger partial charge on any atom is 0.268 e. The third kappa shape index (κ3) is 4.72. The zero-order chi connectivity index (χ0) is 27.3. The first-order chi connectivity index (χ1) is 18.0. The molecule has 0 radical (unpaired) electrons. The Morgan fingerprint density at radius 1 is 1.03 bits per heavy atom. The van der Waals surface area contributed by atoms with Gasteiger partial charge in [0.25, 0.3) is 10.0 Å². The van der Waals surface area contributed by atoms with Crippen LogP contribution in [-0.2, 0) is 20.9 Å². The van der Waals surface area contributed by atoms with Gasteiger partial charge in [0.05, 0.1) is 10.4 Å². The lowest BCUT2D eigenvalue weighted by Gasteiger charge is -2.44. The maximum atomic E-state index is 14.0. The van der Waals surface area contributed by atoms with Crippen molar-refractivity contribution in [3.8, 4) is 0 Å². The monoisotopic (exact) mass is 550 g/mol. The largest absolute Gasteiger partial charge is 0.416 e. The minimum atomic E-state index is -3.72. The van der Waals surface area contributed by atoms with Crippen molar-refractivity contribution < 1.29 is 12.8 Å². The van der Waals surface area contributed by atoms with E-state index in [1.165, 1.54) is 11.1 Å². The number of benzene rings is 2. The fraction of sp³-hybridized carbons (Fsp3) is 0.484. The van der Waals surface area contributed by atoms with Gasteiger partial charge in [-0.3, -0.25) is 4.90 Å². The minimum Gasteiger partial charge on any atom is -0.416 e. The quantitative estimate of drug-likeness (QED) is 0.231. The van der Waals surface area contributed by atoms with Gasteiger partial charge in [0.2, 0.25) is 0 Å². The minimum absolute atomic E-state index is 0.147. The summed E-state index contributed by atoms with van der Waals surface area (Å²) in [5.41, 5.74) is 4.39. The molecule has 5 rings (SSSR count). The zero-order valence-electron chi connectivity index (χ0n) is 23.7. The molecule has 0 saturated heterocycles. The van der Waals surface area contributed by atoms with Crippen molar-refractivity contribution in [3.05, 3.63) is 77.5 Å². The van der Waals surface area contributed by atoms with Crippen LogP contribution in [0.5, 0.6) is 0 Å². The Morgan fingerprint density at radius 2 is 1.71 bits per heavy atom. The lowest BCUT2D eigenvalue weighted by molar-refractivity contribution is 0.118. The summed E-state index contributed by atoms with van der Waals surface area (Å²) in [6.45, 7) is 16.2. The third-order valence-corrected chi connectivity index (χ3v) is 15.3. The molecule has 38 heavy (non-hydrogen) atoms. The Bertz CT molecular complexity index is 1450. The van der Waals surface area contributed by atoms with Crippen LogP contribution in [0.25, 0.3) is 10.9 Å². The summed E-state index contributed by atoms with van der Waals surface area (Å²) in [6.07, 6.45) is 5.22. The van der Waals surface area contributed by atoms with Crippen LogP contribution in [0.3, 0.4) is 0 Å². The van der Waals surface area contributed by atoms with Crippen molar-refractivity contribution in [1.82, 2.24) is 8.87 Å². The molecule has 1 aliphatic carbocycles. The Labute approximate surface area is 229 Å². The fourth-order valence-corrected chi connectivity index (χ4v) is 8.57. The van der Waals surface area contributed by atoms with E-state index in [0.29, 0.717) is 17.4 Å². The number of nitrogens with zero attached hydrogens (tertiary/aromatic N) is 2. The molecule has 2 atom stereocenters. The first-order valence-corrected chi connectivity index (χ1v) is 18.3. The molecule has 5 nitrogen and oxygen atoms in total. The van der Waals surface area contributed by atoms with E-state index in [0.717, 1.165) is 48.9 Å². The van der Waals surface area contributed by atoms with Crippen LogP contribution in [0.15, 0.2) is 71.1 Å². The van der Waals surface area contributed by atoms with Crippen molar-refractivity contribution >= 4 is 29.2 Å². The molecular formula is C31H42N2O3SSi. The second kappa shape index (κ2) is 10.1. The van der Waals surface area contributed by atoms with E-state index in [-0.39, 0.29) is 11.1 Å². The Hall–Kier alpha value is -2.19. The maximum absolute atomic E-state index is 14.0. The predicted molar refractivity (Wildman–Crippen MR) is 159 cm³/mol. The average Bonchev–Trinajstić information content (AvgIpc) is 3.23. The van der Waals surface area contributed by atoms with Gasteiger partial charge in [-0.25, -0.2) is 12.4 Å². The first kappa shape index (κ1) is 27.4. The molecule has 2 aromatic carbocycles. The van der Waals surface area contributed by atoms with Crippen molar-refractivity contribution in [2.45, 2.75) is 76.0 Å². The van der Waals surface area contributed by atoms with Crippen LogP contribution in [0.2, 0.25) is 18.1 Å². The highest BCUT2D eigenvalue weighted by Crippen LogP contribution is 2.48. The van der Waals surface area contributed by atoms with E-state index < -0.39 is 18.3 Å². The molecule has 0 N–H and O–H groups in total. The number of fused-ring (bicyclic) bond motifs is 5. The van der Waals surface area contributed by atoms with Crippen molar-refractivity contribution in [2.24, 2.45) is 5.92 Å². The van der Waals surface area contributed by atoms with Gasteiger partial charge in [-0.15, -0.1) is 0 Å². The molecule has 2 aliphatic rings. The molecule has 0 bridgehead atoms. The molecular weight excluding hydrogens is 509 g/mol. The van der Waals surface area contributed by atoms with E-state index in [9.17, 15) is 8.42 Å². The van der Waals surface area contributed by atoms with Crippen LogP contribution in [0.4, 0.5) is 0 Å². The molecule has 0 unspecified atom stereocenters. The lowest BCUT2D eigenvalue weighted by atomic mass is 9.77. The smallest absolute Gasteiger partial charge is 0.268 e. The summed E-state index contributed by atoms with van der Waals surface area (Å²) in [5, 5.41) is 1.23. The molecule has 1 aromatic heterocycles. The predicted octanol–water partition coefficient (Wildman–Crippen LogP) is 7.16. The Kier molecular flexibility index (Phi) is 7.27. The summed E-state index contributed by atoms with van der Waals surface area (Å²) in [6, 6.07) is 17.0. The van der Waals surface area contributed by atoms with Gasteiger partial charge in [-0.2, -0.15) is 0 Å². The van der Waals surface area contributed by atoms with E-state index in [1.807, 2.05) is 24.3 Å². The van der Waals surface area contributed by atoms with E-state index in [1.54, 1.807) is 28.2 Å². The van der Waals surface area contributed by atoms with Crippen molar-refractivity contribution in [1.29, 1.82) is 0 Å². The molecule has 0 saturated carbocycles. The zero-order valence-corrected chi connectivity index (χ0v) is 25.5. The van der Waals surface area contributed by atoms with Crippen molar-refractivity contribution in [3.63, 3.8) is 0 Å². The molecule has 0 spiro atoms. The highest BCUT2D eigenvalue weighted by atomic mass is 32.2. The highest BCUT2D eigenvalue weighted by molar-refractivity contribution is 7.90. The summed E-state index contributed by atoms with van der Waals surface area (Å²) in [4.78, 5) is 2.91. The van der Waals surface area contributed by atoms with Gasteiger partial charge >= 0.3 is 0 Å². The van der Waals surface area contributed by atoms with Gasteiger partial charge in [0.1, 0.15) is 0 Å². The van der Waals surface area contributed by atoms with Gasteiger partial charge < -0.3 is 4.43 Å². The highest BCUT2D eigenvalue weighted by Gasteiger charge is 2.42. The molecule has 0 amide bonds. The Balaban J connectivity index is 1.59. The van der Waals surface area contributed by atoms with Crippen LogP contribution in [0, 0.1) is 5.92 Å². The van der Waals surface area contributed by atoms with Gasteiger partial charge in [-0.05, 0) is 67.1 Å². The first-order valence-electron chi connectivity index (χ1n) is 14.0. The normalized spacial score (nSPS) is 20.7. The summed E-state index contributed by atoms with van der Waals surface area (Å²) >= 11 is 0. The second-order valence-corrected chi connectivity index (χ2v) is 19.0. The van der Waals surface area contributed by atoms with E-state index in [2.05, 4.69) is 57.8 Å². The molecule has 2 heterocycles. The van der Waals surface area contributed by atoms with Gasteiger partial charge in [0.15, 0.2) is 8.32 Å². The van der Waals surface area contributed by atoms with E-state index in [4.69, 9.17) is 4.43 Å². The average molecular weight is 551 g/mol. The van der Waals surface area contributed by atoms with Crippen molar-refractivity contribution in [2.75, 3.05) is 19.7 Å². The molecule has 0 fully saturated rings. The number of hydrogen-bond acceptors (Lipinski definition) is 4. The lowest BCUT2D eigenvalue weighted by Crippen LogP contribution is -2.45.